The molecule has 1 atom stereocenters. The van der Waals surface area contributed by atoms with Crippen LogP contribution in [0.25, 0.3) is 0 Å². The molecule has 0 aliphatic carbocycles. The molecule has 0 saturated carbocycles. The number of hydrogen-bond acceptors (Lipinski definition) is 4. The largest absolute Gasteiger partial charge is 0.479 e. The van der Waals surface area contributed by atoms with Gasteiger partial charge in [0.1, 0.15) is 5.75 Å². The average Bonchev–Trinajstić information content (AvgIpc) is 3.08. The highest BCUT2D eigenvalue weighted by Gasteiger charge is 2.26. The number of para-hydroxylation sites is 1. The van der Waals surface area contributed by atoms with E-state index in [1.54, 1.807) is 48.2 Å². The van der Waals surface area contributed by atoms with Gasteiger partial charge >= 0.3 is 0 Å². The molecule has 0 spiro atoms. The van der Waals surface area contributed by atoms with Crippen LogP contribution < -0.4 is 20.3 Å². The van der Waals surface area contributed by atoms with Gasteiger partial charge in [-0.3, -0.25) is 14.4 Å². The molecule has 1 fully saturated rings. The summed E-state index contributed by atoms with van der Waals surface area (Å²) in [5.41, 5.74) is 2.08. The smallest absolute Gasteiger partial charge is 0.265 e. The summed E-state index contributed by atoms with van der Waals surface area (Å²) >= 11 is 0. The van der Waals surface area contributed by atoms with E-state index in [9.17, 15) is 14.4 Å². The van der Waals surface area contributed by atoms with Crippen LogP contribution >= 0.6 is 0 Å². The Morgan fingerprint density at radius 2 is 2.04 bits per heavy atom. The molecule has 7 nitrogen and oxygen atoms in total. The minimum absolute atomic E-state index is 0.0259. The maximum atomic E-state index is 12.8. The Morgan fingerprint density at radius 3 is 2.81 bits per heavy atom. The van der Waals surface area contributed by atoms with Crippen molar-refractivity contribution in [3.8, 4) is 5.75 Å². The number of fused-ring (bicyclic) bond motifs is 1. The summed E-state index contributed by atoms with van der Waals surface area (Å²) in [6.45, 7) is 2.29. The molecule has 138 valence electrons. The first-order valence-corrected chi connectivity index (χ1v) is 8.85. The van der Waals surface area contributed by atoms with Crippen molar-refractivity contribution >= 4 is 34.8 Å². The normalized spacial score (nSPS) is 18.6. The van der Waals surface area contributed by atoms with Crippen molar-refractivity contribution in [2.75, 3.05) is 22.1 Å². The predicted octanol–water partition coefficient (Wildman–Crippen LogP) is 2.79. The molecule has 4 rings (SSSR count). The van der Waals surface area contributed by atoms with Crippen LogP contribution in [0, 0.1) is 0 Å². The second-order valence-corrected chi connectivity index (χ2v) is 6.58. The molecule has 2 aromatic carbocycles. The van der Waals surface area contributed by atoms with Crippen molar-refractivity contribution in [3.63, 3.8) is 0 Å². The van der Waals surface area contributed by atoms with Crippen LogP contribution in [0.15, 0.2) is 42.5 Å². The lowest BCUT2D eigenvalue weighted by atomic mass is 10.1. The van der Waals surface area contributed by atoms with Crippen LogP contribution in [0.5, 0.6) is 5.75 Å². The Morgan fingerprint density at radius 1 is 1.22 bits per heavy atom. The zero-order valence-electron chi connectivity index (χ0n) is 14.8. The third kappa shape index (κ3) is 3.23. The van der Waals surface area contributed by atoms with Gasteiger partial charge in [0, 0.05) is 18.7 Å². The van der Waals surface area contributed by atoms with E-state index in [0.717, 1.165) is 6.42 Å². The van der Waals surface area contributed by atoms with Crippen LogP contribution in [0.4, 0.5) is 17.1 Å². The van der Waals surface area contributed by atoms with E-state index in [4.69, 9.17) is 4.74 Å². The van der Waals surface area contributed by atoms with Gasteiger partial charge in [0.25, 0.3) is 11.8 Å². The van der Waals surface area contributed by atoms with Crippen LogP contribution in [-0.2, 0) is 9.59 Å². The fourth-order valence-corrected chi connectivity index (χ4v) is 3.29. The molecule has 2 aliphatic rings. The minimum atomic E-state index is -0.553. The third-order valence-electron chi connectivity index (χ3n) is 4.68. The van der Waals surface area contributed by atoms with Crippen LogP contribution in [0.1, 0.15) is 30.1 Å². The number of anilines is 3. The first kappa shape index (κ1) is 17.1. The van der Waals surface area contributed by atoms with Crippen molar-refractivity contribution in [1.82, 2.24) is 0 Å². The highest BCUT2D eigenvalue weighted by atomic mass is 16.5. The molecule has 2 aliphatic heterocycles. The van der Waals surface area contributed by atoms with Gasteiger partial charge in [-0.05, 0) is 43.7 Å². The van der Waals surface area contributed by atoms with Gasteiger partial charge in [0.15, 0.2) is 6.10 Å². The first-order valence-electron chi connectivity index (χ1n) is 8.85. The van der Waals surface area contributed by atoms with E-state index in [1.165, 1.54) is 0 Å². The lowest BCUT2D eigenvalue weighted by molar-refractivity contribution is -0.122. The fourth-order valence-electron chi connectivity index (χ4n) is 3.29. The Bertz CT molecular complexity index is 941. The fraction of sp³-hybridized carbons (Fsp3) is 0.250. The first-order chi connectivity index (χ1) is 13.0. The standard InChI is InChI=1S/C20H19N3O4/c1-12-19(25)22-15-11-13(8-9-17(15)27-12)21-20(26)14-5-2-3-6-16(14)23-10-4-7-18(23)24/h2-3,5-6,8-9,11-12H,4,7,10H2,1H3,(H,21,26)(H,22,25). The number of ether oxygens (including phenoxy) is 1. The summed E-state index contributed by atoms with van der Waals surface area (Å²) in [4.78, 5) is 38.3. The molecular formula is C20H19N3O4. The third-order valence-corrected chi connectivity index (χ3v) is 4.68. The quantitative estimate of drug-likeness (QED) is 0.876. The Kier molecular flexibility index (Phi) is 4.27. The lowest BCUT2D eigenvalue weighted by Crippen LogP contribution is -2.34. The zero-order chi connectivity index (χ0) is 19.0. The van der Waals surface area contributed by atoms with Gasteiger partial charge in [-0.25, -0.2) is 0 Å². The monoisotopic (exact) mass is 365 g/mol. The van der Waals surface area contributed by atoms with Gasteiger partial charge in [-0.15, -0.1) is 0 Å². The van der Waals surface area contributed by atoms with E-state index in [2.05, 4.69) is 10.6 Å². The van der Waals surface area contributed by atoms with Crippen LogP contribution in [0.3, 0.4) is 0 Å². The number of rotatable bonds is 3. The van der Waals surface area contributed by atoms with E-state index in [-0.39, 0.29) is 17.7 Å². The highest BCUT2D eigenvalue weighted by Crippen LogP contribution is 2.33. The number of carbonyl (C=O) groups excluding carboxylic acids is 3. The SMILES string of the molecule is CC1Oc2ccc(NC(=O)c3ccccc3N3CCCC3=O)cc2NC1=O. The van der Waals surface area contributed by atoms with E-state index >= 15 is 0 Å². The zero-order valence-corrected chi connectivity index (χ0v) is 14.8. The van der Waals surface area contributed by atoms with Crippen molar-refractivity contribution in [2.45, 2.75) is 25.9 Å². The summed E-state index contributed by atoms with van der Waals surface area (Å²) in [5, 5.41) is 5.59. The van der Waals surface area contributed by atoms with Crippen LogP contribution in [0.2, 0.25) is 0 Å². The molecule has 7 heteroatoms. The number of nitrogens with one attached hydrogen (secondary N) is 2. The molecule has 2 aromatic rings. The maximum absolute atomic E-state index is 12.8. The molecule has 2 heterocycles. The van der Waals surface area contributed by atoms with Gasteiger partial charge in [-0.2, -0.15) is 0 Å². The molecule has 1 unspecified atom stereocenters. The molecule has 2 N–H and O–H groups in total. The van der Waals surface area contributed by atoms with Crippen molar-refractivity contribution in [1.29, 1.82) is 0 Å². The minimum Gasteiger partial charge on any atom is -0.479 e. The summed E-state index contributed by atoms with van der Waals surface area (Å²) in [7, 11) is 0. The molecule has 1 saturated heterocycles. The Hall–Kier alpha value is -3.35. The lowest BCUT2D eigenvalue weighted by Gasteiger charge is -2.24. The van der Waals surface area contributed by atoms with Crippen LogP contribution in [-0.4, -0.2) is 30.4 Å². The average molecular weight is 365 g/mol. The van der Waals surface area contributed by atoms with Gasteiger partial charge in [0.05, 0.1) is 16.9 Å². The van der Waals surface area contributed by atoms with Crippen molar-refractivity contribution in [2.24, 2.45) is 0 Å². The molecule has 27 heavy (non-hydrogen) atoms. The van der Waals surface area contributed by atoms with E-state index in [1.807, 2.05) is 6.07 Å². The second-order valence-electron chi connectivity index (χ2n) is 6.58. The number of nitrogens with zero attached hydrogens (tertiary/aromatic N) is 1. The topological polar surface area (TPSA) is 87.7 Å². The molecule has 0 aromatic heterocycles. The molecule has 3 amide bonds. The van der Waals surface area contributed by atoms with Gasteiger partial charge < -0.3 is 20.3 Å². The second kappa shape index (κ2) is 6.75. The van der Waals surface area contributed by atoms with Crippen molar-refractivity contribution < 1.29 is 19.1 Å². The highest BCUT2D eigenvalue weighted by molar-refractivity contribution is 6.11. The number of benzene rings is 2. The summed E-state index contributed by atoms with van der Waals surface area (Å²) in [6.07, 6.45) is 0.735. The predicted molar refractivity (Wildman–Crippen MR) is 101 cm³/mol. The van der Waals surface area contributed by atoms with Gasteiger partial charge in [0.2, 0.25) is 5.91 Å². The number of hydrogen-bond donors (Lipinski definition) is 2. The van der Waals surface area contributed by atoms with E-state index < -0.39 is 6.10 Å². The Labute approximate surface area is 156 Å². The summed E-state index contributed by atoms with van der Waals surface area (Å²) < 4.78 is 5.52. The maximum Gasteiger partial charge on any atom is 0.265 e. The van der Waals surface area contributed by atoms with Crippen molar-refractivity contribution in [3.05, 3.63) is 48.0 Å². The molecular weight excluding hydrogens is 346 g/mol. The molecule has 0 bridgehead atoms. The summed E-state index contributed by atoms with van der Waals surface area (Å²) in [5.74, 6) is 0.0340. The Balaban J connectivity index is 1.58. The van der Waals surface area contributed by atoms with Gasteiger partial charge in [-0.1, -0.05) is 12.1 Å². The number of carbonyl (C=O) groups is 3. The van der Waals surface area contributed by atoms with E-state index in [0.29, 0.717) is 41.3 Å². The molecule has 0 radical (unpaired) electrons. The summed E-state index contributed by atoms with van der Waals surface area (Å²) in [6, 6.07) is 12.1. The number of amides is 3.